The summed E-state index contributed by atoms with van der Waals surface area (Å²) < 4.78 is 38.0. The van der Waals surface area contributed by atoms with Crippen LogP contribution in [-0.4, -0.2) is 37.1 Å². The minimum Gasteiger partial charge on any atom is -0.372 e. The van der Waals surface area contributed by atoms with Gasteiger partial charge in [0.25, 0.3) is 0 Å². The van der Waals surface area contributed by atoms with Crippen LogP contribution in [0.2, 0.25) is 0 Å². The Morgan fingerprint density at radius 2 is 2.03 bits per heavy atom. The van der Waals surface area contributed by atoms with E-state index in [4.69, 9.17) is 0 Å². The molecule has 1 unspecified atom stereocenters. The van der Waals surface area contributed by atoms with Gasteiger partial charge in [-0.25, -0.2) is 4.98 Å². The van der Waals surface area contributed by atoms with Crippen LogP contribution in [0.25, 0.3) is 0 Å². The molecule has 2 heterocycles. The van der Waals surface area contributed by atoms with Gasteiger partial charge in [-0.2, -0.15) is 13.2 Å². The standard InChI is InChI=1S/C21H28F3N5S.HI/c1-3-25-20(26-10-9-19-28-18(14-30-19)21(22,23)24)27-15(2)16-7-6-8-17(13-16)29-11-4-5-12-29;/h6-8,13-15H,3-5,9-12H2,1-2H3,(H2,25,26,27);1H. The fraction of sp³-hybridized carbons (Fsp3) is 0.524. The first-order chi connectivity index (χ1) is 14.4. The molecule has 1 aliphatic rings. The van der Waals surface area contributed by atoms with Gasteiger partial charge in [-0.15, -0.1) is 35.3 Å². The van der Waals surface area contributed by atoms with Gasteiger partial charge in [-0.3, -0.25) is 4.99 Å². The summed E-state index contributed by atoms with van der Waals surface area (Å²) in [6.07, 6.45) is -1.55. The Hall–Kier alpha value is -1.56. The molecule has 1 aromatic heterocycles. The second-order valence-corrected chi connectivity index (χ2v) is 8.23. The van der Waals surface area contributed by atoms with E-state index < -0.39 is 11.9 Å². The van der Waals surface area contributed by atoms with Crippen LogP contribution in [0.15, 0.2) is 34.6 Å². The third-order valence-electron chi connectivity index (χ3n) is 4.98. The third-order valence-corrected chi connectivity index (χ3v) is 5.89. The Bertz CT molecular complexity index is 850. The molecule has 1 aliphatic heterocycles. The van der Waals surface area contributed by atoms with E-state index in [0.717, 1.165) is 29.8 Å². The van der Waals surface area contributed by atoms with E-state index in [1.165, 1.54) is 24.1 Å². The maximum absolute atomic E-state index is 12.7. The van der Waals surface area contributed by atoms with Gasteiger partial charge >= 0.3 is 6.18 Å². The zero-order valence-corrected chi connectivity index (χ0v) is 20.9. The zero-order chi connectivity index (χ0) is 21.6. The summed E-state index contributed by atoms with van der Waals surface area (Å²) in [6.45, 7) is 7.31. The van der Waals surface area contributed by atoms with Crippen molar-refractivity contribution in [1.82, 2.24) is 15.6 Å². The number of hydrogen-bond acceptors (Lipinski definition) is 4. The Morgan fingerprint density at radius 3 is 2.68 bits per heavy atom. The minimum atomic E-state index is -4.40. The van der Waals surface area contributed by atoms with Crippen molar-refractivity contribution in [2.75, 3.05) is 31.1 Å². The van der Waals surface area contributed by atoms with Crippen molar-refractivity contribution in [3.8, 4) is 0 Å². The maximum Gasteiger partial charge on any atom is 0.434 e. The molecule has 0 bridgehead atoms. The highest BCUT2D eigenvalue weighted by Crippen LogP contribution is 2.30. The van der Waals surface area contributed by atoms with Gasteiger partial charge in [0.1, 0.15) is 0 Å². The van der Waals surface area contributed by atoms with Crippen LogP contribution in [0, 0.1) is 0 Å². The number of anilines is 1. The lowest BCUT2D eigenvalue weighted by molar-refractivity contribution is -0.140. The molecule has 2 aromatic rings. The fourth-order valence-electron chi connectivity index (χ4n) is 3.39. The molecule has 0 radical (unpaired) electrons. The lowest BCUT2D eigenvalue weighted by Crippen LogP contribution is -2.39. The molecule has 0 saturated carbocycles. The molecule has 0 amide bonds. The number of aliphatic imine (C=N–C) groups is 1. The Morgan fingerprint density at radius 1 is 1.29 bits per heavy atom. The summed E-state index contributed by atoms with van der Waals surface area (Å²) in [5, 5.41) is 8.08. The average molecular weight is 567 g/mol. The van der Waals surface area contributed by atoms with E-state index in [9.17, 15) is 13.2 Å². The van der Waals surface area contributed by atoms with Crippen LogP contribution in [0.1, 0.15) is 49.0 Å². The van der Waals surface area contributed by atoms with Gasteiger partial charge in [-0.05, 0) is 44.4 Å². The first-order valence-electron chi connectivity index (χ1n) is 10.3. The van der Waals surface area contributed by atoms with Crippen molar-refractivity contribution in [1.29, 1.82) is 0 Å². The Balaban J connectivity index is 0.00000341. The molecule has 0 spiro atoms. The summed E-state index contributed by atoms with van der Waals surface area (Å²) in [4.78, 5) is 10.6. The molecule has 1 aromatic carbocycles. The molecule has 10 heteroatoms. The normalized spacial score (nSPS) is 15.5. The molecule has 1 fully saturated rings. The average Bonchev–Trinajstić information content (AvgIpc) is 3.40. The summed E-state index contributed by atoms with van der Waals surface area (Å²) >= 11 is 1.02. The van der Waals surface area contributed by atoms with Crippen LogP contribution < -0.4 is 15.5 Å². The van der Waals surface area contributed by atoms with E-state index >= 15 is 0 Å². The largest absolute Gasteiger partial charge is 0.434 e. The number of nitrogens with one attached hydrogen (secondary N) is 2. The van der Waals surface area contributed by atoms with E-state index in [-0.39, 0.29) is 30.0 Å². The highest BCUT2D eigenvalue weighted by atomic mass is 127. The number of thiazole rings is 1. The number of aromatic nitrogens is 1. The molecule has 172 valence electrons. The van der Waals surface area contributed by atoms with E-state index in [2.05, 4.69) is 56.7 Å². The summed E-state index contributed by atoms with van der Waals surface area (Å²) in [7, 11) is 0. The second kappa shape index (κ2) is 11.9. The number of rotatable bonds is 7. The first kappa shape index (κ1) is 25.7. The lowest BCUT2D eigenvalue weighted by Gasteiger charge is -2.22. The molecule has 1 saturated heterocycles. The van der Waals surface area contributed by atoms with Crippen LogP contribution in [0.5, 0.6) is 0 Å². The molecule has 0 aliphatic carbocycles. The van der Waals surface area contributed by atoms with Crippen LogP contribution >= 0.6 is 35.3 Å². The van der Waals surface area contributed by atoms with Gasteiger partial charge in [-0.1, -0.05) is 12.1 Å². The fourth-order valence-corrected chi connectivity index (χ4v) is 4.19. The van der Waals surface area contributed by atoms with Crippen molar-refractivity contribution in [2.45, 2.75) is 45.3 Å². The SMILES string of the molecule is CCNC(=NCCc1nc(C(F)(F)F)cs1)NC(C)c1cccc(N2CCCC2)c1.I. The highest BCUT2D eigenvalue weighted by molar-refractivity contribution is 14.0. The van der Waals surface area contributed by atoms with Gasteiger partial charge in [0.05, 0.1) is 11.0 Å². The smallest absolute Gasteiger partial charge is 0.372 e. The van der Waals surface area contributed by atoms with Crippen molar-refractivity contribution < 1.29 is 13.2 Å². The highest BCUT2D eigenvalue weighted by Gasteiger charge is 2.33. The number of nitrogens with zero attached hydrogens (tertiary/aromatic N) is 3. The summed E-state index contributed by atoms with van der Waals surface area (Å²) in [5.41, 5.74) is 1.58. The van der Waals surface area contributed by atoms with Crippen molar-refractivity contribution in [3.05, 3.63) is 45.9 Å². The van der Waals surface area contributed by atoms with E-state index in [1.807, 2.05) is 6.92 Å². The lowest BCUT2D eigenvalue weighted by atomic mass is 10.1. The Kier molecular flexibility index (Phi) is 9.86. The first-order valence-corrected chi connectivity index (χ1v) is 11.2. The molecular weight excluding hydrogens is 538 g/mol. The van der Waals surface area contributed by atoms with Crippen LogP contribution in [-0.2, 0) is 12.6 Å². The van der Waals surface area contributed by atoms with Crippen LogP contribution in [0.3, 0.4) is 0 Å². The van der Waals surface area contributed by atoms with E-state index in [0.29, 0.717) is 30.5 Å². The molecule has 3 rings (SSSR count). The number of guanidine groups is 1. The molecule has 2 N–H and O–H groups in total. The minimum absolute atomic E-state index is 0. The molecule has 1 atom stereocenters. The van der Waals surface area contributed by atoms with E-state index in [1.54, 1.807) is 0 Å². The van der Waals surface area contributed by atoms with Crippen molar-refractivity contribution in [3.63, 3.8) is 0 Å². The van der Waals surface area contributed by atoms with Gasteiger partial charge in [0.2, 0.25) is 0 Å². The molecule has 31 heavy (non-hydrogen) atoms. The summed E-state index contributed by atoms with van der Waals surface area (Å²) in [5.74, 6) is 0.643. The van der Waals surface area contributed by atoms with Crippen molar-refractivity contribution >= 4 is 47.0 Å². The predicted molar refractivity (Wildman–Crippen MR) is 132 cm³/mol. The number of hydrogen-bond donors (Lipinski definition) is 2. The maximum atomic E-state index is 12.7. The predicted octanol–water partition coefficient (Wildman–Crippen LogP) is 5.24. The number of halogens is 4. The topological polar surface area (TPSA) is 52.6 Å². The van der Waals surface area contributed by atoms with Gasteiger partial charge in [0.15, 0.2) is 11.7 Å². The Labute approximate surface area is 202 Å². The van der Waals surface area contributed by atoms with Crippen LogP contribution in [0.4, 0.5) is 18.9 Å². The third kappa shape index (κ3) is 7.51. The quantitative estimate of drug-likeness (QED) is 0.273. The zero-order valence-electron chi connectivity index (χ0n) is 17.7. The number of alkyl halides is 3. The molecule has 5 nitrogen and oxygen atoms in total. The van der Waals surface area contributed by atoms with Gasteiger partial charge < -0.3 is 15.5 Å². The summed E-state index contributed by atoms with van der Waals surface area (Å²) in [6, 6.07) is 8.56. The van der Waals surface area contributed by atoms with Gasteiger partial charge in [0, 0.05) is 43.7 Å². The molecular formula is C21H29F3IN5S. The number of benzene rings is 1. The monoisotopic (exact) mass is 567 g/mol. The van der Waals surface area contributed by atoms with Crippen molar-refractivity contribution in [2.24, 2.45) is 4.99 Å². The second-order valence-electron chi connectivity index (χ2n) is 7.29.